The van der Waals surface area contributed by atoms with E-state index >= 15 is 0 Å². The largest absolute Gasteiger partial charge is 0.456 e. The number of aryl methyl sites for hydroxylation is 1. The van der Waals surface area contributed by atoms with E-state index in [2.05, 4.69) is 5.32 Å². The van der Waals surface area contributed by atoms with E-state index < -0.39 is 5.97 Å². The van der Waals surface area contributed by atoms with Gasteiger partial charge in [0, 0.05) is 25.3 Å². The number of carbonyl (C=O) groups excluding carboxylic acids is 2. The quantitative estimate of drug-likeness (QED) is 0.549. The standard InChI is InChI=1S/C15H22N2O4/c1-11(9-20-2)17-14(18)10-21-15(19)7-6-12-4-3-5-13(16)8-12/h3-5,8,11H,6-7,9-10,16H2,1-2H3,(H,17,18). The smallest absolute Gasteiger partial charge is 0.306 e. The van der Waals surface area contributed by atoms with Gasteiger partial charge < -0.3 is 20.5 Å². The minimum Gasteiger partial charge on any atom is -0.456 e. The van der Waals surface area contributed by atoms with Gasteiger partial charge in [0.2, 0.25) is 0 Å². The van der Waals surface area contributed by atoms with Crippen molar-refractivity contribution in [1.29, 1.82) is 0 Å². The molecule has 116 valence electrons. The fourth-order valence-corrected chi connectivity index (χ4v) is 1.82. The molecule has 0 bridgehead atoms. The highest BCUT2D eigenvalue weighted by Gasteiger charge is 2.10. The van der Waals surface area contributed by atoms with E-state index in [0.717, 1.165) is 5.56 Å². The lowest BCUT2D eigenvalue weighted by atomic mass is 10.1. The summed E-state index contributed by atoms with van der Waals surface area (Å²) in [7, 11) is 1.55. The molecule has 6 nitrogen and oxygen atoms in total. The summed E-state index contributed by atoms with van der Waals surface area (Å²) in [6, 6.07) is 7.21. The van der Waals surface area contributed by atoms with Gasteiger partial charge in [0.15, 0.2) is 6.61 Å². The summed E-state index contributed by atoms with van der Waals surface area (Å²) in [6.07, 6.45) is 0.746. The van der Waals surface area contributed by atoms with E-state index in [4.69, 9.17) is 15.2 Å². The summed E-state index contributed by atoms with van der Waals surface area (Å²) in [5.74, 6) is -0.746. The number of nitrogen functional groups attached to an aromatic ring is 1. The molecule has 1 unspecified atom stereocenters. The van der Waals surface area contributed by atoms with E-state index in [1.165, 1.54) is 0 Å². The van der Waals surface area contributed by atoms with Crippen molar-refractivity contribution in [2.24, 2.45) is 0 Å². The maximum atomic E-state index is 11.6. The van der Waals surface area contributed by atoms with E-state index in [1.54, 1.807) is 13.2 Å². The highest BCUT2D eigenvalue weighted by Crippen LogP contribution is 2.09. The van der Waals surface area contributed by atoms with Crippen LogP contribution in [-0.2, 0) is 25.5 Å². The third-order valence-corrected chi connectivity index (χ3v) is 2.76. The molecule has 0 aliphatic carbocycles. The zero-order chi connectivity index (χ0) is 15.7. The first-order valence-corrected chi connectivity index (χ1v) is 6.79. The molecule has 1 aromatic carbocycles. The fourth-order valence-electron chi connectivity index (χ4n) is 1.82. The van der Waals surface area contributed by atoms with Crippen molar-refractivity contribution in [3.8, 4) is 0 Å². The zero-order valence-electron chi connectivity index (χ0n) is 12.4. The van der Waals surface area contributed by atoms with Crippen LogP contribution in [-0.4, -0.2) is 38.2 Å². The maximum absolute atomic E-state index is 11.6. The van der Waals surface area contributed by atoms with E-state index in [9.17, 15) is 9.59 Å². The molecule has 0 aliphatic heterocycles. The van der Waals surface area contributed by atoms with Gasteiger partial charge in [0.05, 0.1) is 6.61 Å². The van der Waals surface area contributed by atoms with Crippen LogP contribution in [0, 0.1) is 0 Å². The number of anilines is 1. The molecule has 1 rings (SSSR count). The summed E-state index contributed by atoms with van der Waals surface area (Å²) < 4.78 is 9.81. The molecule has 1 atom stereocenters. The molecule has 0 saturated heterocycles. The number of nitrogens with one attached hydrogen (secondary N) is 1. The van der Waals surface area contributed by atoms with E-state index in [0.29, 0.717) is 18.7 Å². The first kappa shape index (κ1) is 17.0. The molecule has 3 N–H and O–H groups in total. The Morgan fingerprint density at radius 3 is 2.81 bits per heavy atom. The van der Waals surface area contributed by atoms with Crippen LogP contribution >= 0.6 is 0 Å². The van der Waals surface area contributed by atoms with Crippen LogP contribution < -0.4 is 11.1 Å². The Hall–Kier alpha value is -2.08. The molecule has 0 aromatic heterocycles. The minimum atomic E-state index is -0.410. The average molecular weight is 294 g/mol. The lowest BCUT2D eigenvalue weighted by Gasteiger charge is -2.12. The molecule has 0 heterocycles. The number of nitrogens with two attached hydrogens (primary N) is 1. The Morgan fingerprint density at radius 2 is 2.14 bits per heavy atom. The number of hydrogen-bond acceptors (Lipinski definition) is 5. The van der Waals surface area contributed by atoms with Crippen molar-refractivity contribution in [3.63, 3.8) is 0 Å². The third kappa shape index (κ3) is 7.31. The molecule has 0 radical (unpaired) electrons. The van der Waals surface area contributed by atoms with Gasteiger partial charge >= 0.3 is 5.97 Å². The number of amides is 1. The molecular weight excluding hydrogens is 272 g/mol. The molecule has 21 heavy (non-hydrogen) atoms. The molecule has 0 saturated carbocycles. The molecule has 0 fully saturated rings. The van der Waals surface area contributed by atoms with E-state index in [1.807, 2.05) is 25.1 Å². The van der Waals surface area contributed by atoms with Crippen molar-refractivity contribution in [1.82, 2.24) is 5.32 Å². The Bertz CT molecular complexity index is 476. The van der Waals surface area contributed by atoms with E-state index in [-0.39, 0.29) is 25.0 Å². The fraction of sp³-hybridized carbons (Fsp3) is 0.467. The number of ether oxygens (including phenoxy) is 2. The van der Waals surface area contributed by atoms with Crippen LogP contribution in [0.1, 0.15) is 18.9 Å². The van der Waals surface area contributed by atoms with Gasteiger partial charge in [-0.2, -0.15) is 0 Å². The van der Waals surface area contributed by atoms with Gasteiger partial charge in [-0.05, 0) is 31.0 Å². The summed E-state index contributed by atoms with van der Waals surface area (Å²) in [5.41, 5.74) is 7.28. The lowest BCUT2D eigenvalue weighted by Crippen LogP contribution is -2.38. The van der Waals surface area contributed by atoms with Crippen LogP contribution in [0.25, 0.3) is 0 Å². The maximum Gasteiger partial charge on any atom is 0.306 e. The number of esters is 1. The van der Waals surface area contributed by atoms with Crippen LogP contribution in [0.15, 0.2) is 24.3 Å². The second kappa shape index (κ2) is 8.97. The Balaban J connectivity index is 2.23. The number of rotatable bonds is 8. The molecule has 0 aliphatic rings. The van der Waals surface area contributed by atoms with Crippen molar-refractivity contribution in [2.75, 3.05) is 26.1 Å². The number of carbonyl (C=O) groups is 2. The van der Waals surface area contributed by atoms with Crippen LogP contribution in [0.2, 0.25) is 0 Å². The van der Waals surface area contributed by atoms with Crippen LogP contribution in [0.4, 0.5) is 5.69 Å². The molecule has 1 aromatic rings. The van der Waals surface area contributed by atoms with Crippen LogP contribution in [0.5, 0.6) is 0 Å². The molecule has 0 spiro atoms. The second-order valence-electron chi connectivity index (χ2n) is 4.83. The van der Waals surface area contributed by atoms with Gasteiger partial charge in [-0.3, -0.25) is 9.59 Å². The summed E-state index contributed by atoms with van der Waals surface area (Å²) in [5, 5.41) is 2.66. The Kier molecular flexibility index (Phi) is 7.25. The molecule has 6 heteroatoms. The summed E-state index contributed by atoms with van der Waals surface area (Å²) in [6.45, 7) is 1.95. The van der Waals surface area contributed by atoms with Crippen molar-refractivity contribution in [3.05, 3.63) is 29.8 Å². The number of hydrogen-bond donors (Lipinski definition) is 2. The highest BCUT2D eigenvalue weighted by atomic mass is 16.5. The normalized spacial score (nSPS) is 11.7. The first-order chi connectivity index (χ1) is 10.0. The average Bonchev–Trinajstić information content (AvgIpc) is 2.43. The lowest BCUT2D eigenvalue weighted by molar-refractivity contribution is -0.148. The predicted octanol–water partition coefficient (Wildman–Crippen LogP) is 0.896. The number of benzene rings is 1. The van der Waals surface area contributed by atoms with Gasteiger partial charge in [-0.15, -0.1) is 0 Å². The van der Waals surface area contributed by atoms with Gasteiger partial charge in [0.25, 0.3) is 5.91 Å². The van der Waals surface area contributed by atoms with Crippen molar-refractivity contribution >= 4 is 17.6 Å². The second-order valence-corrected chi connectivity index (χ2v) is 4.83. The van der Waals surface area contributed by atoms with Gasteiger partial charge in [-0.1, -0.05) is 12.1 Å². The Labute approximate surface area is 124 Å². The van der Waals surface area contributed by atoms with Crippen molar-refractivity contribution < 1.29 is 19.1 Å². The van der Waals surface area contributed by atoms with Crippen LogP contribution in [0.3, 0.4) is 0 Å². The van der Waals surface area contributed by atoms with Gasteiger partial charge in [-0.25, -0.2) is 0 Å². The highest BCUT2D eigenvalue weighted by molar-refractivity contribution is 5.80. The van der Waals surface area contributed by atoms with Gasteiger partial charge in [0.1, 0.15) is 0 Å². The zero-order valence-corrected chi connectivity index (χ0v) is 12.4. The molecule has 1 amide bonds. The third-order valence-electron chi connectivity index (χ3n) is 2.76. The summed E-state index contributed by atoms with van der Waals surface area (Å²) in [4.78, 5) is 23.1. The topological polar surface area (TPSA) is 90.6 Å². The minimum absolute atomic E-state index is 0.117. The monoisotopic (exact) mass is 294 g/mol. The predicted molar refractivity (Wildman–Crippen MR) is 79.6 cm³/mol. The summed E-state index contributed by atoms with van der Waals surface area (Å²) >= 11 is 0. The SMILES string of the molecule is COCC(C)NC(=O)COC(=O)CCc1cccc(N)c1. The Morgan fingerprint density at radius 1 is 1.38 bits per heavy atom. The molecular formula is C15H22N2O4. The van der Waals surface area contributed by atoms with Crippen molar-refractivity contribution in [2.45, 2.75) is 25.8 Å². The first-order valence-electron chi connectivity index (χ1n) is 6.79. The number of methoxy groups -OCH3 is 1.